The molecule has 0 saturated carbocycles. The van der Waals surface area contributed by atoms with Gasteiger partial charge >= 0.3 is 0 Å². The molecule has 35 heavy (non-hydrogen) atoms. The summed E-state index contributed by atoms with van der Waals surface area (Å²) in [6.45, 7) is 2.58. The molecule has 11 heteroatoms. The number of carbonyl (C=O) groups is 1. The van der Waals surface area contributed by atoms with Crippen molar-refractivity contribution in [2.75, 3.05) is 32.7 Å². The zero-order valence-electron chi connectivity index (χ0n) is 18.7. The van der Waals surface area contributed by atoms with Gasteiger partial charge in [0.05, 0.1) is 30.4 Å². The molecular weight excluding hydrogens is 454 g/mol. The maximum Gasteiger partial charge on any atom is 0.254 e. The van der Waals surface area contributed by atoms with Crippen molar-refractivity contribution in [2.24, 2.45) is 0 Å². The average molecular weight is 476 g/mol. The molecular formula is C24H22F2N8O. The second-order valence-electron chi connectivity index (χ2n) is 8.44. The SMILES string of the molecule is N#CCC(CN1CCN(C(=O)c2cc(F)cc(F)c2)CC1)n1cc(-c2ncnc3[nH]ccc23)cn1. The van der Waals surface area contributed by atoms with Crippen molar-refractivity contribution in [3.8, 4) is 17.3 Å². The van der Waals surface area contributed by atoms with Gasteiger partial charge in [-0.05, 0) is 18.2 Å². The summed E-state index contributed by atoms with van der Waals surface area (Å²) in [6.07, 6.45) is 7.19. The van der Waals surface area contributed by atoms with Crippen molar-refractivity contribution in [3.63, 3.8) is 0 Å². The number of nitrogens with one attached hydrogen (secondary N) is 1. The van der Waals surface area contributed by atoms with Crippen LogP contribution >= 0.6 is 0 Å². The Bertz CT molecular complexity index is 1380. The fraction of sp³-hybridized carbons (Fsp3) is 0.292. The highest BCUT2D eigenvalue weighted by Gasteiger charge is 2.25. The average Bonchev–Trinajstić information content (AvgIpc) is 3.53. The van der Waals surface area contributed by atoms with Gasteiger partial charge in [0.1, 0.15) is 23.6 Å². The molecule has 1 aliphatic rings. The molecule has 0 spiro atoms. The van der Waals surface area contributed by atoms with Crippen molar-refractivity contribution < 1.29 is 13.6 Å². The lowest BCUT2D eigenvalue weighted by Gasteiger charge is -2.36. The number of fused-ring (bicyclic) bond motifs is 1. The number of piperazine rings is 1. The van der Waals surface area contributed by atoms with Gasteiger partial charge in [-0.2, -0.15) is 10.4 Å². The molecule has 178 valence electrons. The number of rotatable bonds is 6. The number of carbonyl (C=O) groups excluding carboxylic acids is 1. The number of benzene rings is 1. The maximum absolute atomic E-state index is 13.5. The van der Waals surface area contributed by atoms with Crippen LogP contribution in [-0.4, -0.2) is 73.2 Å². The van der Waals surface area contributed by atoms with Crippen LogP contribution in [0.3, 0.4) is 0 Å². The number of aromatic amines is 1. The van der Waals surface area contributed by atoms with Crippen LogP contribution in [0.15, 0.2) is 49.2 Å². The first-order valence-corrected chi connectivity index (χ1v) is 11.2. The molecule has 1 N–H and O–H groups in total. The minimum Gasteiger partial charge on any atom is -0.346 e. The van der Waals surface area contributed by atoms with Gasteiger partial charge in [0.2, 0.25) is 0 Å². The molecule has 1 atom stereocenters. The molecule has 0 radical (unpaired) electrons. The van der Waals surface area contributed by atoms with E-state index in [1.54, 1.807) is 22.0 Å². The van der Waals surface area contributed by atoms with E-state index < -0.39 is 17.5 Å². The highest BCUT2D eigenvalue weighted by molar-refractivity contribution is 5.94. The topological polar surface area (TPSA) is 107 Å². The predicted octanol–water partition coefficient (Wildman–Crippen LogP) is 3.01. The fourth-order valence-corrected chi connectivity index (χ4v) is 4.40. The van der Waals surface area contributed by atoms with E-state index in [0.29, 0.717) is 32.7 Å². The molecule has 0 aliphatic carbocycles. The Balaban J connectivity index is 1.25. The smallest absolute Gasteiger partial charge is 0.254 e. The van der Waals surface area contributed by atoms with Crippen LogP contribution in [0.2, 0.25) is 0 Å². The summed E-state index contributed by atoms with van der Waals surface area (Å²) in [5.74, 6) is -1.94. The molecule has 1 fully saturated rings. The lowest BCUT2D eigenvalue weighted by molar-refractivity contribution is 0.0616. The number of aromatic nitrogens is 5. The molecule has 5 rings (SSSR count). The molecule has 9 nitrogen and oxygen atoms in total. The molecule has 4 heterocycles. The number of amides is 1. The first kappa shape index (κ1) is 22.6. The number of hydrogen-bond acceptors (Lipinski definition) is 6. The third-order valence-electron chi connectivity index (χ3n) is 6.17. The Morgan fingerprint density at radius 3 is 2.66 bits per heavy atom. The van der Waals surface area contributed by atoms with Gasteiger partial charge in [-0.1, -0.05) is 0 Å². The summed E-state index contributed by atoms with van der Waals surface area (Å²) in [7, 11) is 0. The zero-order valence-corrected chi connectivity index (χ0v) is 18.7. The lowest BCUT2D eigenvalue weighted by Crippen LogP contribution is -2.50. The lowest BCUT2D eigenvalue weighted by atomic mass is 10.1. The first-order chi connectivity index (χ1) is 17.0. The normalized spacial score (nSPS) is 15.3. The summed E-state index contributed by atoms with van der Waals surface area (Å²) < 4.78 is 28.8. The van der Waals surface area contributed by atoms with Crippen LogP contribution in [0.25, 0.3) is 22.3 Å². The number of H-pyrrole nitrogens is 1. The number of nitriles is 1. The quantitative estimate of drug-likeness (QED) is 0.459. The van der Waals surface area contributed by atoms with E-state index in [0.717, 1.165) is 40.5 Å². The van der Waals surface area contributed by atoms with Crippen molar-refractivity contribution in [3.05, 3.63) is 66.4 Å². The van der Waals surface area contributed by atoms with Crippen LogP contribution < -0.4 is 0 Å². The van der Waals surface area contributed by atoms with Gasteiger partial charge in [0.15, 0.2) is 0 Å². The van der Waals surface area contributed by atoms with Gasteiger partial charge in [0, 0.05) is 67.7 Å². The Morgan fingerprint density at radius 1 is 1.14 bits per heavy atom. The number of hydrogen-bond donors (Lipinski definition) is 1. The Kier molecular flexibility index (Phi) is 6.20. The highest BCUT2D eigenvalue weighted by atomic mass is 19.1. The predicted molar refractivity (Wildman–Crippen MR) is 123 cm³/mol. The summed E-state index contributed by atoms with van der Waals surface area (Å²) in [5.41, 5.74) is 2.34. The van der Waals surface area contributed by atoms with Crippen LogP contribution in [0.1, 0.15) is 22.8 Å². The van der Waals surface area contributed by atoms with Crippen molar-refractivity contribution in [2.45, 2.75) is 12.5 Å². The largest absolute Gasteiger partial charge is 0.346 e. The third-order valence-corrected chi connectivity index (χ3v) is 6.17. The van der Waals surface area contributed by atoms with Crippen LogP contribution in [0, 0.1) is 23.0 Å². The summed E-state index contributed by atoms with van der Waals surface area (Å²) >= 11 is 0. The summed E-state index contributed by atoms with van der Waals surface area (Å²) in [6, 6.07) is 6.81. The van der Waals surface area contributed by atoms with Crippen molar-refractivity contribution in [1.29, 1.82) is 5.26 Å². The highest BCUT2D eigenvalue weighted by Crippen LogP contribution is 2.26. The van der Waals surface area contributed by atoms with E-state index in [1.807, 2.05) is 12.3 Å². The Hall–Kier alpha value is -4.17. The molecule has 0 bridgehead atoms. The zero-order chi connectivity index (χ0) is 24.4. The summed E-state index contributed by atoms with van der Waals surface area (Å²) in [5, 5.41) is 14.8. The van der Waals surface area contributed by atoms with Gasteiger partial charge in [-0.15, -0.1) is 0 Å². The van der Waals surface area contributed by atoms with Gasteiger partial charge < -0.3 is 9.88 Å². The molecule has 1 aromatic carbocycles. The Labute approximate surface area is 199 Å². The summed E-state index contributed by atoms with van der Waals surface area (Å²) in [4.78, 5) is 28.1. The molecule has 1 amide bonds. The van der Waals surface area contributed by atoms with Crippen LogP contribution in [0.4, 0.5) is 8.78 Å². The van der Waals surface area contributed by atoms with Gasteiger partial charge in [-0.25, -0.2) is 18.7 Å². The van der Waals surface area contributed by atoms with E-state index in [9.17, 15) is 18.8 Å². The van der Waals surface area contributed by atoms with Crippen LogP contribution in [0.5, 0.6) is 0 Å². The molecule has 4 aromatic rings. The second-order valence-corrected chi connectivity index (χ2v) is 8.44. The van der Waals surface area contributed by atoms with Gasteiger partial charge in [-0.3, -0.25) is 14.4 Å². The monoisotopic (exact) mass is 476 g/mol. The van der Waals surface area contributed by atoms with Crippen molar-refractivity contribution >= 4 is 16.9 Å². The maximum atomic E-state index is 13.5. The number of halogens is 2. The van der Waals surface area contributed by atoms with Gasteiger partial charge in [0.25, 0.3) is 5.91 Å². The Morgan fingerprint density at radius 2 is 1.91 bits per heavy atom. The molecule has 1 saturated heterocycles. The van der Waals surface area contributed by atoms with Crippen molar-refractivity contribution in [1.82, 2.24) is 34.5 Å². The minimum atomic E-state index is -0.774. The fourth-order valence-electron chi connectivity index (χ4n) is 4.40. The van der Waals surface area contributed by atoms with E-state index in [2.05, 4.69) is 31.0 Å². The van der Waals surface area contributed by atoms with E-state index in [1.165, 1.54) is 6.33 Å². The van der Waals surface area contributed by atoms with Crippen LogP contribution in [-0.2, 0) is 0 Å². The molecule has 3 aromatic heterocycles. The number of nitrogens with zero attached hydrogens (tertiary/aromatic N) is 7. The molecule has 1 aliphatic heterocycles. The standard InChI is InChI=1S/C24H22F2N8O/c25-18-9-16(10-19(26)11-18)24(35)33-7-5-32(6-8-33)14-20(1-3-27)34-13-17(12-31-34)22-21-2-4-28-23(21)30-15-29-22/h2,4,9-13,15,20H,1,5-8,14H2,(H,28,29,30). The second kappa shape index (κ2) is 9.60. The third kappa shape index (κ3) is 4.74. The van der Waals surface area contributed by atoms with E-state index in [4.69, 9.17) is 0 Å². The van der Waals surface area contributed by atoms with E-state index in [-0.39, 0.29) is 18.0 Å². The van der Waals surface area contributed by atoms with E-state index >= 15 is 0 Å². The first-order valence-electron chi connectivity index (χ1n) is 11.2. The minimum absolute atomic E-state index is 0.00336. The molecule has 1 unspecified atom stereocenters.